The van der Waals surface area contributed by atoms with Gasteiger partial charge in [0.1, 0.15) is 36.5 Å². The topological polar surface area (TPSA) is 230 Å². The number of hydrogen-bond acceptors (Lipinski definition) is 12. The fraction of sp³-hybridized carbons (Fsp3) is 0.500. The van der Waals surface area contributed by atoms with E-state index in [-0.39, 0.29) is 92.8 Å². The summed E-state index contributed by atoms with van der Waals surface area (Å²) in [5.41, 5.74) is 19.8. The van der Waals surface area contributed by atoms with Crippen LogP contribution in [0, 0.1) is 23.2 Å². The lowest BCUT2D eigenvalue weighted by Gasteiger charge is -2.32. The summed E-state index contributed by atoms with van der Waals surface area (Å²) in [6.07, 6.45) is 4.72. The Morgan fingerprint density at radius 2 is 1.50 bits per heavy atom. The van der Waals surface area contributed by atoms with E-state index >= 15 is 0 Å². The van der Waals surface area contributed by atoms with Gasteiger partial charge in [-0.25, -0.2) is 0 Å². The number of amides is 2. The Hall–Kier alpha value is -5.04. The summed E-state index contributed by atoms with van der Waals surface area (Å²) in [6, 6.07) is 13.2. The number of hydrogen-bond donors (Lipinski definition) is 4. The summed E-state index contributed by atoms with van der Waals surface area (Å²) in [6.45, 7) is 4.98. The first-order valence-electron chi connectivity index (χ1n) is 22.1. The predicted molar refractivity (Wildman–Crippen MR) is 248 cm³/mol. The third-order valence-corrected chi connectivity index (χ3v) is 11.7. The molecular formula is C48H62Cl2N6O8. The molecule has 0 unspecified atom stereocenters. The van der Waals surface area contributed by atoms with Crippen LogP contribution in [0.5, 0.6) is 17.2 Å². The lowest BCUT2D eigenvalue weighted by molar-refractivity contribution is -0.142. The molecule has 14 nitrogen and oxygen atoms in total. The largest absolute Gasteiger partial charge is 0.493 e. The van der Waals surface area contributed by atoms with Gasteiger partial charge in [0.05, 0.1) is 34.3 Å². The van der Waals surface area contributed by atoms with E-state index in [0.29, 0.717) is 46.1 Å². The van der Waals surface area contributed by atoms with Crippen molar-refractivity contribution in [2.24, 2.45) is 29.0 Å². The maximum absolute atomic E-state index is 14.7. The molecule has 0 aliphatic carbocycles. The second-order valence-corrected chi connectivity index (χ2v) is 16.9. The highest BCUT2D eigenvalue weighted by Gasteiger charge is 2.36. The van der Waals surface area contributed by atoms with Gasteiger partial charge in [0.2, 0.25) is 11.8 Å². The van der Waals surface area contributed by atoms with E-state index in [1.165, 1.54) is 24.1 Å². The van der Waals surface area contributed by atoms with E-state index in [0.717, 1.165) is 32.1 Å². The lowest BCUT2D eigenvalue weighted by Crippen LogP contribution is -2.46. The quantitative estimate of drug-likeness (QED) is 0.0561. The van der Waals surface area contributed by atoms with Crippen molar-refractivity contribution in [3.63, 3.8) is 0 Å². The molecule has 2 amide bonds. The third kappa shape index (κ3) is 14.2. The van der Waals surface area contributed by atoms with E-state index in [9.17, 15) is 29.2 Å². The molecule has 1 aliphatic rings. The monoisotopic (exact) mass is 920 g/mol. The van der Waals surface area contributed by atoms with Crippen LogP contribution in [0.4, 0.5) is 0 Å². The first kappa shape index (κ1) is 51.6. The highest BCUT2D eigenvalue weighted by Crippen LogP contribution is 2.41. The normalized spacial score (nSPS) is 16.8. The molecule has 0 aromatic heterocycles. The lowest BCUT2D eigenvalue weighted by atomic mass is 9.88. The van der Waals surface area contributed by atoms with Gasteiger partial charge in [-0.15, -0.1) is 0 Å². The fourth-order valence-electron chi connectivity index (χ4n) is 7.76. The number of nitriles is 1. The van der Waals surface area contributed by atoms with E-state index in [4.69, 9.17) is 54.6 Å². The van der Waals surface area contributed by atoms with Crippen molar-refractivity contribution < 1.29 is 38.2 Å². The molecule has 3 aromatic carbocycles. The van der Waals surface area contributed by atoms with Crippen molar-refractivity contribution in [3.8, 4) is 34.4 Å². The minimum Gasteiger partial charge on any atom is -0.493 e. The number of nitrogens with two attached hydrogens (primary N) is 3. The van der Waals surface area contributed by atoms with Crippen LogP contribution < -0.4 is 36.7 Å². The number of likely N-dealkylation sites (N-methyl/N-ethyl adjacent to an activating group) is 1. The number of nitrogens with zero attached hydrogens (tertiary/aromatic N) is 2. The van der Waals surface area contributed by atoms with Crippen LogP contribution >= 0.6 is 23.2 Å². The predicted octanol–water partition coefficient (Wildman–Crippen LogP) is 6.93. The molecule has 1 heterocycles. The Balaban J connectivity index is 1.78. The first-order valence-corrected chi connectivity index (χ1v) is 22.8. The Morgan fingerprint density at radius 3 is 2.12 bits per heavy atom. The first-order chi connectivity index (χ1) is 30.8. The number of ether oxygens (including phenoxy) is 3. The summed E-state index contributed by atoms with van der Waals surface area (Å²) in [4.78, 5) is 71.9. The number of carbonyl (C=O) groups is 5. The van der Waals surface area contributed by atoms with Crippen molar-refractivity contribution in [3.05, 3.63) is 75.3 Å². The average Bonchev–Trinajstić information content (AvgIpc) is 3.27. The van der Waals surface area contributed by atoms with E-state index in [2.05, 4.69) is 12.2 Å². The van der Waals surface area contributed by atoms with E-state index in [1.54, 1.807) is 37.3 Å². The SMILES string of the molecule is CCCCCCCOc1cc(Cl)c(C(=O)C[C@@H](CCN)C(=O)N(C)[C@@H]2C(=O)C[C@@H](C)C(=O)N[C@H](C(=O)CCC#N)Cc3ccc(OCCN)c(c3)-c3cc2ccc3OCCN)c(Cl)c1. The molecule has 0 spiro atoms. The van der Waals surface area contributed by atoms with Gasteiger partial charge in [-0.3, -0.25) is 24.0 Å². The van der Waals surface area contributed by atoms with Gasteiger partial charge in [-0.2, -0.15) is 5.26 Å². The molecule has 4 atom stereocenters. The molecule has 4 bridgehead atoms. The van der Waals surface area contributed by atoms with Gasteiger partial charge < -0.3 is 41.6 Å². The maximum atomic E-state index is 14.7. The zero-order valence-corrected chi connectivity index (χ0v) is 38.6. The Kier molecular flexibility index (Phi) is 21.0. The van der Waals surface area contributed by atoms with Gasteiger partial charge in [-0.1, -0.05) is 74.9 Å². The minimum absolute atomic E-state index is 0.0373. The van der Waals surface area contributed by atoms with E-state index in [1.807, 2.05) is 12.1 Å². The molecule has 64 heavy (non-hydrogen) atoms. The Labute approximate surface area is 386 Å². The number of carbonyl (C=O) groups excluding carboxylic acids is 5. The number of nitrogens with one attached hydrogen (secondary N) is 1. The number of fused-ring (bicyclic) bond motifs is 5. The summed E-state index contributed by atoms with van der Waals surface area (Å²) in [5.74, 6) is -3.08. The van der Waals surface area contributed by atoms with Gasteiger partial charge >= 0.3 is 0 Å². The number of Topliss-reactive ketones (excluding diaryl/α,β-unsaturated/α-hetero) is 3. The smallest absolute Gasteiger partial charge is 0.226 e. The number of halogens is 2. The number of unbranched alkanes of at least 4 members (excludes halogenated alkanes) is 4. The molecule has 0 fully saturated rings. The second kappa shape index (κ2) is 26.1. The Bertz CT molecular complexity index is 2120. The van der Waals surface area contributed by atoms with Crippen molar-refractivity contribution in [2.45, 2.75) is 96.6 Å². The second-order valence-electron chi connectivity index (χ2n) is 16.1. The molecule has 16 heteroatoms. The summed E-state index contributed by atoms with van der Waals surface area (Å²) >= 11 is 13.3. The van der Waals surface area contributed by atoms with Crippen LogP contribution in [0.25, 0.3) is 11.1 Å². The number of rotatable bonds is 23. The molecule has 1 aliphatic heterocycles. The zero-order chi connectivity index (χ0) is 46.8. The zero-order valence-electron chi connectivity index (χ0n) is 37.1. The molecule has 0 saturated carbocycles. The van der Waals surface area contributed by atoms with Crippen molar-refractivity contribution in [1.29, 1.82) is 5.26 Å². The summed E-state index contributed by atoms with van der Waals surface area (Å²) in [7, 11) is 1.47. The van der Waals surface area contributed by atoms with Crippen LogP contribution in [-0.4, -0.2) is 86.6 Å². The molecular weight excluding hydrogens is 859 g/mol. The fourth-order valence-corrected chi connectivity index (χ4v) is 8.44. The standard InChI is InChI=1S/C48H62Cl2N6O8/c1-4-5-6-7-8-20-62-34-28-37(49)45(38(50)29-34)41(58)27-33(15-17-52)48(61)56(3)46-32-12-14-44(64-22-19-54)36(26-32)35-24-31(11-13-43(35)63-21-18-53)25-39(40(57)10-9-16-51)55-47(60)30(2)23-42(46)59/h11-14,24,26,28-30,33,39,46H,4-10,15,17-23,25,27,52-54H2,1-3H3,(H,55,60)/t30-,33-,39+,46+/m1/s1. The van der Waals surface area contributed by atoms with Gasteiger partial charge in [0, 0.05) is 68.8 Å². The molecule has 7 N–H and O–H groups in total. The minimum atomic E-state index is -1.27. The highest BCUT2D eigenvalue weighted by molar-refractivity contribution is 6.40. The molecule has 3 aromatic rings. The number of ketones is 3. The van der Waals surface area contributed by atoms with Gasteiger partial charge in [-0.05, 0) is 73.3 Å². The van der Waals surface area contributed by atoms with Crippen molar-refractivity contribution in [1.82, 2.24) is 10.2 Å². The summed E-state index contributed by atoms with van der Waals surface area (Å²) < 4.78 is 18.1. The molecule has 0 radical (unpaired) electrons. The van der Waals surface area contributed by atoms with Crippen LogP contribution in [-0.2, 0) is 25.6 Å². The average molecular weight is 922 g/mol. The number of benzene rings is 3. The Morgan fingerprint density at radius 1 is 0.859 bits per heavy atom. The maximum Gasteiger partial charge on any atom is 0.226 e. The van der Waals surface area contributed by atoms with Crippen LogP contribution in [0.15, 0.2) is 48.5 Å². The summed E-state index contributed by atoms with van der Waals surface area (Å²) in [5, 5.41) is 12.2. The van der Waals surface area contributed by atoms with Crippen molar-refractivity contribution in [2.75, 3.05) is 46.5 Å². The van der Waals surface area contributed by atoms with Crippen LogP contribution in [0.1, 0.15) is 106 Å². The highest BCUT2D eigenvalue weighted by atomic mass is 35.5. The third-order valence-electron chi connectivity index (χ3n) is 11.1. The van der Waals surface area contributed by atoms with Gasteiger partial charge in [0.25, 0.3) is 0 Å². The van der Waals surface area contributed by atoms with Crippen molar-refractivity contribution >= 4 is 52.4 Å². The molecule has 4 rings (SSSR count). The molecule has 0 saturated heterocycles. The molecule has 346 valence electrons. The van der Waals surface area contributed by atoms with Gasteiger partial charge in [0.15, 0.2) is 17.3 Å². The van der Waals surface area contributed by atoms with Crippen LogP contribution in [0.3, 0.4) is 0 Å². The van der Waals surface area contributed by atoms with E-state index < -0.39 is 47.3 Å². The van der Waals surface area contributed by atoms with Crippen LogP contribution in [0.2, 0.25) is 10.0 Å².